The summed E-state index contributed by atoms with van der Waals surface area (Å²) in [7, 11) is 0. The average molecular weight is 252 g/mol. The van der Waals surface area contributed by atoms with Gasteiger partial charge in [-0.3, -0.25) is 9.59 Å². The summed E-state index contributed by atoms with van der Waals surface area (Å²) in [6, 6.07) is 2.00. The molecule has 0 bridgehead atoms. The zero-order chi connectivity index (χ0) is 12.7. The summed E-state index contributed by atoms with van der Waals surface area (Å²) in [6.45, 7) is 4.40. The van der Waals surface area contributed by atoms with Gasteiger partial charge in [-0.1, -0.05) is 0 Å². The number of thiophene rings is 1. The molecule has 17 heavy (non-hydrogen) atoms. The maximum Gasteiger partial charge on any atom is 0.244 e. The minimum atomic E-state index is -0.260. The van der Waals surface area contributed by atoms with E-state index in [1.54, 1.807) is 17.4 Å². The molecule has 0 radical (unpaired) electrons. The Kier molecular flexibility index (Phi) is 5.42. The van der Waals surface area contributed by atoms with Crippen molar-refractivity contribution in [3.63, 3.8) is 0 Å². The van der Waals surface area contributed by atoms with Crippen LogP contribution >= 0.6 is 11.3 Å². The van der Waals surface area contributed by atoms with Crippen molar-refractivity contribution < 1.29 is 9.59 Å². The first-order valence-corrected chi connectivity index (χ1v) is 6.28. The Balaban J connectivity index is 2.37. The Morgan fingerprint density at radius 3 is 2.76 bits per heavy atom. The van der Waals surface area contributed by atoms with Crippen molar-refractivity contribution >= 4 is 29.2 Å². The van der Waals surface area contributed by atoms with Crippen LogP contribution < -0.4 is 10.6 Å². The Hall–Kier alpha value is -1.62. The smallest absolute Gasteiger partial charge is 0.244 e. The predicted molar refractivity (Wildman–Crippen MR) is 69.8 cm³/mol. The highest BCUT2D eigenvalue weighted by atomic mass is 32.1. The van der Waals surface area contributed by atoms with Crippen LogP contribution in [0.5, 0.6) is 0 Å². The van der Waals surface area contributed by atoms with Gasteiger partial charge in [-0.05, 0) is 36.9 Å². The van der Waals surface area contributed by atoms with Crippen LogP contribution in [0.15, 0.2) is 17.5 Å². The molecule has 0 fully saturated rings. The van der Waals surface area contributed by atoms with E-state index in [9.17, 15) is 9.59 Å². The summed E-state index contributed by atoms with van der Waals surface area (Å²) in [4.78, 5) is 23.5. The van der Waals surface area contributed by atoms with E-state index in [-0.39, 0.29) is 18.4 Å². The fourth-order valence-corrected chi connectivity index (χ4v) is 2.01. The van der Waals surface area contributed by atoms with E-state index < -0.39 is 0 Å². The van der Waals surface area contributed by atoms with Crippen molar-refractivity contribution in [2.45, 2.75) is 13.8 Å². The number of rotatable bonds is 5. The maximum atomic E-state index is 11.4. The Morgan fingerprint density at radius 1 is 1.41 bits per heavy atom. The van der Waals surface area contributed by atoms with Gasteiger partial charge in [0.05, 0.1) is 6.54 Å². The fourth-order valence-electron chi connectivity index (χ4n) is 1.19. The van der Waals surface area contributed by atoms with Crippen molar-refractivity contribution in [3.8, 4) is 0 Å². The quantitative estimate of drug-likeness (QED) is 0.777. The summed E-state index contributed by atoms with van der Waals surface area (Å²) in [5, 5.41) is 7.09. The average Bonchev–Trinajstić information content (AvgIpc) is 2.70. The first kappa shape index (κ1) is 13.4. The van der Waals surface area contributed by atoms with Gasteiger partial charge in [0.15, 0.2) is 0 Å². The molecule has 0 saturated carbocycles. The van der Waals surface area contributed by atoms with Crippen LogP contribution in [0.4, 0.5) is 0 Å². The predicted octanol–water partition coefficient (Wildman–Crippen LogP) is 1.32. The molecule has 2 N–H and O–H groups in total. The summed E-state index contributed by atoms with van der Waals surface area (Å²) >= 11 is 1.58. The third kappa shape index (κ3) is 4.82. The third-order valence-corrected chi connectivity index (χ3v) is 3.07. The topological polar surface area (TPSA) is 58.2 Å². The number of amides is 2. The van der Waals surface area contributed by atoms with Crippen molar-refractivity contribution in [2.24, 2.45) is 0 Å². The fraction of sp³-hybridized carbons (Fsp3) is 0.333. The monoisotopic (exact) mass is 252 g/mol. The molecule has 0 atom stereocenters. The molecule has 5 heteroatoms. The van der Waals surface area contributed by atoms with Crippen molar-refractivity contribution in [3.05, 3.63) is 28.0 Å². The van der Waals surface area contributed by atoms with E-state index >= 15 is 0 Å². The number of aryl methyl sites for hydroxylation is 1. The van der Waals surface area contributed by atoms with Gasteiger partial charge in [-0.15, -0.1) is 11.3 Å². The van der Waals surface area contributed by atoms with Crippen molar-refractivity contribution in [2.75, 3.05) is 13.1 Å². The molecule has 0 spiro atoms. The van der Waals surface area contributed by atoms with Crippen LogP contribution in [-0.4, -0.2) is 24.9 Å². The van der Waals surface area contributed by atoms with Crippen LogP contribution in [0, 0.1) is 6.92 Å². The van der Waals surface area contributed by atoms with Crippen LogP contribution in [-0.2, 0) is 9.59 Å². The molecule has 1 rings (SSSR count). The normalized spacial score (nSPS) is 10.5. The zero-order valence-corrected chi connectivity index (χ0v) is 10.8. The largest absolute Gasteiger partial charge is 0.355 e. The summed E-state index contributed by atoms with van der Waals surface area (Å²) < 4.78 is 0. The van der Waals surface area contributed by atoms with Gasteiger partial charge in [-0.25, -0.2) is 0 Å². The first-order chi connectivity index (χ1) is 8.13. The lowest BCUT2D eigenvalue weighted by atomic mass is 10.3. The number of likely N-dealkylation sites (N-methyl/N-ethyl adjacent to an activating group) is 1. The molecule has 0 saturated heterocycles. The standard InChI is InChI=1S/C12H16N2O2S/c1-3-13-12(16)8-14-11(15)5-4-10-9(2)6-7-17-10/h4-7H,3,8H2,1-2H3,(H,13,16)(H,14,15). The summed E-state index contributed by atoms with van der Waals surface area (Å²) in [5.41, 5.74) is 1.14. The summed E-state index contributed by atoms with van der Waals surface area (Å²) in [6.07, 6.45) is 3.20. The lowest BCUT2D eigenvalue weighted by molar-refractivity contribution is -0.123. The van der Waals surface area contributed by atoms with E-state index in [0.717, 1.165) is 10.4 Å². The molecule has 4 nitrogen and oxygen atoms in total. The molecule has 0 aliphatic carbocycles. The number of nitrogens with one attached hydrogen (secondary N) is 2. The molecule has 92 valence electrons. The Labute approximate surface area is 105 Å². The second kappa shape index (κ2) is 6.85. The van der Waals surface area contributed by atoms with Crippen LogP contribution in [0.1, 0.15) is 17.4 Å². The highest BCUT2D eigenvalue weighted by molar-refractivity contribution is 7.11. The van der Waals surface area contributed by atoms with E-state index in [1.807, 2.05) is 25.3 Å². The van der Waals surface area contributed by atoms with E-state index in [2.05, 4.69) is 10.6 Å². The van der Waals surface area contributed by atoms with Crippen LogP contribution in [0.25, 0.3) is 6.08 Å². The number of hydrogen-bond donors (Lipinski definition) is 2. The second-order valence-corrected chi connectivity index (χ2v) is 4.42. The number of carbonyl (C=O) groups is 2. The van der Waals surface area contributed by atoms with Gasteiger partial charge in [0.2, 0.25) is 11.8 Å². The van der Waals surface area contributed by atoms with Crippen LogP contribution in [0.2, 0.25) is 0 Å². The van der Waals surface area contributed by atoms with E-state index in [0.29, 0.717) is 6.54 Å². The van der Waals surface area contributed by atoms with Crippen molar-refractivity contribution in [1.29, 1.82) is 0 Å². The summed E-state index contributed by atoms with van der Waals surface area (Å²) in [5.74, 6) is -0.439. The second-order valence-electron chi connectivity index (χ2n) is 3.47. The SMILES string of the molecule is CCNC(=O)CNC(=O)C=Cc1sccc1C. The van der Waals surface area contributed by atoms with Gasteiger partial charge in [0.1, 0.15) is 0 Å². The van der Waals surface area contributed by atoms with E-state index in [4.69, 9.17) is 0 Å². The van der Waals surface area contributed by atoms with E-state index in [1.165, 1.54) is 6.08 Å². The number of carbonyl (C=O) groups excluding carboxylic acids is 2. The first-order valence-electron chi connectivity index (χ1n) is 5.40. The lowest BCUT2D eigenvalue weighted by Gasteiger charge is -2.02. The molecule has 2 amide bonds. The molecule has 0 unspecified atom stereocenters. The minimum Gasteiger partial charge on any atom is -0.355 e. The molecule has 0 aliphatic rings. The zero-order valence-electron chi connectivity index (χ0n) is 9.95. The molecule has 1 aromatic rings. The van der Waals surface area contributed by atoms with Gasteiger partial charge in [0, 0.05) is 17.5 Å². The Bertz CT molecular complexity index is 424. The third-order valence-electron chi connectivity index (χ3n) is 2.08. The number of hydrogen-bond acceptors (Lipinski definition) is 3. The molecular weight excluding hydrogens is 236 g/mol. The molecule has 1 aromatic heterocycles. The Morgan fingerprint density at radius 2 is 2.18 bits per heavy atom. The van der Waals surface area contributed by atoms with Gasteiger partial charge in [-0.2, -0.15) is 0 Å². The molecule has 1 heterocycles. The molecular formula is C12H16N2O2S. The van der Waals surface area contributed by atoms with Gasteiger partial charge >= 0.3 is 0 Å². The minimum absolute atomic E-state index is 0.0143. The van der Waals surface area contributed by atoms with Gasteiger partial charge in [0.25, 0.3) is 0 Å². The maximum absolute atomic E-state index is 11.4. The highest BCUT2D eigenvalue weighted by Crippen LogP contribution is 2.16. The van der Waals surface area contributed by atoms with Crippen molar-refractivity contribution in [1.82, 2.24) is 10.6 Å². The molecule has 0 aromatic carbocycles. The van der Waals surface area contributed by atoms with Crippen LogP contribution in [0.3, 0.4) is 0 Å². The lowest BCUT2D eigenvalue weighted by Crippen LogP contribution is -2.35. The molecule has 0 aliphatic heterocycles. The highest BCUT2D eigenvalue weighted by Gasteiger charge is 2.01. The van der Waals surface area contributed by atoms with Gasteiger partial charge < -0.3 is 10.6 Å².